The number of pyridine rings is 1. The second-order valence-corrected chi connectivity index (χ2v) is 6.24. The molecule has 0 atom stereocenters. The van der Waals surface area contributed by atoms with Crippen molar-refractivity contribution in [2.45, 2.75) is 6.42 Å². The van der Waals surface area contributed by atoms with Gasteiger partial charge in [-0.2, -0.15) is 4.52 Å². The molecule has 1 saturated heterocycles. The largest absolute Gasteiger partial charge is 0.354 e. The zero-order valence-corrected chi connectivity index (χ0v) is 14.1. The lowest BCUT2D eigenvalue weighted by Gasteiger charge is -2.24. The molecule has 0 amide bonds. The molecule has 0 aliphatic carbocycles. The van der Waals surface area contributed by atoms with E-state index in [-0.39, 0.29) is 0 Å². The zero-order valence-electron chi connectivity index (χ0n) is 14.1. The molecule has 0 N–H and O–H groups in total. The van der Waals surface area contributed by atoms with E-state index in [2.05, 4.69) is 40.0 Å². The highest BCUT2D eigenvalue weighted by Crippen LogP contribution is 2.24. The molecule has 0 unspecified atom stereocenters. The highest BCUT2D eigenvalue weighted by molar-refractivity contribution is 5.88. The van der Waals surface area contributed by atoms with Crippen molar-refractivity contribution in [3.63, 3.8) is 0 Å². The first-order valence-corrected chi connectivity index (χ1v) is 8.60. The first-order valence-electron chi connectivity index (χ1n) is 8.60. The van der Waals surface area contributed by atoms with Gasteiger partial charge in [-0.15, -0.1) is 15.3 Å². The van der Waals surface area contributed by atoms with Gasteiger partial charge in [0.05, 0.1) is 11.7 Å². The van der Waals surface area contributed by atoms with Crippen LogP contribution in [-0.2, 0) is 0 Å². The molecule has 0 radical (unpaired) electrons. The van der Waals surface area contributed by atoms with E-state index in [1.54, 1.807) is 29.6 Å². The third-order valence-electron chi connectivity index (χ3n) is 4.68. The fourth-order valence-corrected chi connectivity index (χ4v) is 3.39. The maximum atomic E-state index is 4.61. The monoisotopic (exact) mass is 347 g/mol. The minimum absolute atomic E-state index is 0.756. The summed E-state index contributed by atoms with van der Waals surface area (Å²) < 4.78 is 1.71. The number of hydrogen-bond acceptors (Lipinski definition) is 8. The average molecular weight is 347 g/mol. The zero-order chi connectivity index (χ0) is 17.3. The van der Waals surface area contributed by atoms with Crippen LogP contribution in [0.5, 0.6) is 0 Å². The Bertz CT molecular complexity index is 1050. The van der Waals surface area contributed by atoms with Gasteiger partial charge >= 0.3 is 0 Å². The van der Waals surface area contributed by atoms with Crippen molar-refractivity contribution in [2.24, 2.45) is 0 Å². The molecule has 0 saturated carbocycles. The van der Waals surface area contributed by atoms with Crippen molar-refractivity contribution >= 4 is 28.2 Å². The van der Waals surface area contributed by atoms with Crippen LogP contribution in [0.4, 0.5) is 11.6 Å². The SMILES string of the molecule is c1cc2c(N3CCCN(c4ccc5nncn5n4)CC3)ncnc2cn1. The lowest BCUT2D eigenvalue weighted by Crippen LogP contribution is -2.32. The molecule has 1 aliphatic rings. The Kier molecular flexibility index (Phi) is 3.55. The van der Waals surface area contributed by atoms with Crippen LogP contribution in [0.1, 0.15) is 6.42 Å². The Morgan fingerprint density at radius 2 is 1.85 bits per heavy atom. The normalized spacial score (nSPS) is 15.5. The molecule has 26 heavy (non-hydrogen) atoms. The predicted octanol–water partition coefficient (Wildman–Crippen LogP) is 1.18. The van der Waals surface area contributed by atoms with Crippen molar-refractivity contribution in [3.8, 4) is 0 Å². The Labute approximate surface area is 149 Å². The van der Waals surface area contributed by atoms with Gasteiger partial charge in [0.15, 0.2) is 5.65 Å². The fraction of sp³-hybridized carbons (Fsp3) is 0.294. The average Bonchev–Trinajstić information content (AvgIpc) is 3.03. The molecule has 0 spiro atoms. The van der Waals surface area contributed by atoms with E-state index in [0.29, 0.717) is 0 Å². The van der Waals surface area contributed by atoms with Crippen LogP contribution < -0.4 is 9.80 Å². The van der Waals surface area contributed by atoms with Crippen LogP contribution in [0, 0.1) is 0 Å². The van der Waals surface area contributed by atoms with Crippen molar-refractivity contribution in [2.75, 3.05) is 36.0 Å². The van der Waals surface area contributed by atoms with E-state index in [1.807, 2.05) is 18.2 Å². The number of aromatic nitrogens is 7. The molecule has 1 fully saturated rings. The van der Waals surface area contributed by atoms with Gasteiger partial charge in [0.25, 0.3) is 0 Å². The van der Waals surface area contributed by atoms with Gasteiger partial charge in [0.1, 0.15) is 24.3 Å². The summed E-state index contributed by atoms with van der Waals surface area (Å²) in [6.07, 6.45) is 7.84. The Morgan fingerprint density at radius 1 is 0.923 bits per heavy atom. The molecule has 9 heteroatoms. The quantitative estimate of drug-likeness (QED) is 0.534. The minimum atomic E-state index is 0.756. The number of rotatable bonds is 2. The standard InChI is InChI=1S/C17H17N9/c1-6-24(16-3-2-15-22-21-12-26(15)23-16)8-9-25(7-1)17-13-4-5-18-10-14(13)19-11-20-17/h2-5,10-12H,1,6-9H2. The van der Waals surface area contributed by atoms with Crippen LogP contribution in [0.15, 0.2) is 43.2 Å². The molecule has 5 rings (SSSR count). The molecule has 9 nitrogen and oxygen atoms in total. The Balaban J connectivity index is 1.41. The number of anilines is 2. The predicted molar refractivity (Wildman–Crippen MR) is 97.2 cm³/mol. The van der Waals surface area contributed by atoms with Gasteiger partial charge in [-0.25, -0.2) is 9.97 Å². The van der Waals surface area contributed by atoms with Gasteiger partial charge in [-0.3, -0.25) is 4.98 Å². The van der Waals surface area contributed by atoms with Gasteiger partial charge in [0, 0.05) is 37.8 Å². The molecule has 5 heterocycles. The van der Waals surface area contributed by atoms with E-state index in [1.165, 1.54) is 0 Å². The van der Waals surface area contributed by atoms with E-state index in [4.69, 9.17) is 0 Å². The van der Waals surface area contributed by atoms with Crippen molar-refractivity contribution in [1.82, 2.24) is 34.8 Å². The van der Waals surface area contributed by atoms with E-state index >= 15 is 0 Å². The number of hydrogen-bond donors (Lipinski definition) is 0. The van der Waals surface area contributed by atoms with Crippen molar-refractivity contribution in [1.29, 1.82) is 0 Å². The van der Waals surface area contributed by atoms with Gasteiger partial charge in [-0.05, 0) is 24.6 Å². The lowest BCUT2D eigenvalue weighted by molar-refractivity contribution is 0.775. The van der Waals surface area contributed by atoms with Gasteiger partial charge in [0.2, 0.25) is 0 Å². The summed E-state index contributed by atoms with van der Waals surface area (Å²) in [6.45, 7) is 3.63. The van der Waals surface area contributed by atoms with Crippen LogP contribution in [0.3, 0.4) is 0 Å². The van der Waals surface area contributed by atoms with Crippen LogP contribution >= 0.6 is 0 Å². The fourth-order valence-electron chi connectivity index (χ4n) is 3.39. The highest BCUT2D eigenvalue weighted by atomic mass is 15.4. The van der Waals surface area contributed by atoms with Crippen LogP contribution in [-0.4, -0.2) is 60.9 Å². The summed E-state index contributed by atoms with van der Waals surface area (Å²) in [4.78, 5) is 17.6. The molecule has 4 aromatic heterocycles. The topological polar surface area (TPSA) is 88.2 Å². The third-order valence-corrected chi connectivity index (χ3v) is 4.68. The highest BCUT2D eigenvalue weighted by Gasteiger charge is 2.19. The van der Waals surface area contributed by atoms with Crippen molar-refractivity contribution < 1.29 is 0 Å². The summed E-state index contributed by atoms with van der Waals surface area (Å²) in [5.41, 5.74) is 1.63. The lowest BCUT2D eigenvalue weighted by atomic mass is 10.2. The molecular formula is C17H17N9. The Hall–Kier alpha value is -3.36. The number of nitrogens with zero attached hydrogens (tertiary/aromatic N) is 9. The first kappa shape index (κ1) is 14.9. The maximum Gasteiger partial charge on any atom is 0.177 e. The molecule has 0 bridgehead atoms. The van der Waals surface area contributed by atoms with Crippen LogP contribution in [0.2, 0.25) is 0 Å². The van der Waals surface area contributed by atoms with E-state index in [9.17, 15) is 0 Å². The van der Waals surface area contributed by atoms with Gasteiger partial charge in [-0.1, -0.05) is 0 Å². The third kappa shape index (κ3) is 2.57. The molecule has 4 aromatic rings. The Morgan fingerprint density at radius 3 is 2.85 bits per heavy atom. The molecular weight excluding hydrogens is 330 g/mol. The molecule has 130 valence electrons. The minimum Gasteiger partial charge on any atom is -0.354 e. The summed E-state index contributed by atoms with van der Waals surface area (Å²) in [5, 5.41) is 13.6. The van der Waals surface area contributed by atoms with Crippen LogP contribution in [0.25, 0.3) is 16.6 Å². The molecule has 0 aromatic carbocycles. The first-order chi connectivity index (χ1) is 12.9. The molecule has 1 aliphatic heterocycles. The number of fused-ring (bicyclic) bond motifs is 2. The van der Waals surface area contributed by atoms with E-state index < -0.39 is 0 Å². The van der Waals surface area contributed by atoms with E-state index in [0.717, 1.165) is 60.8 Å². The summed E-state index contributed by atoms with van der Waals surface area (Å²) in [5.74, 6) is 1.91. The smallest absolute Gasteiger partial charge is 0.177 e. The summed E-state index contributed by atoms with van der Waals surface area (Å²) in [6, 6.07) is 5.93. The van der Waals surface area contributed by atoms with Gasteiger partial charge < -0.3 is 9.80 Å². The van der Waals surface area contributed by atoms with Crippen molar-refractivity contribution in [3.05, 3.63) is 43.2 Å². The summed E-state index contributed by atoms with van der Waals surface area (Å²) in [7, 11) is 0. The second kappa shape index (κ2) is 6.17. The maximum absolute atomic E-state index is 4.61. The summed E-state index contributed by atoms with van der Waals surface area (Å²) >= 11 is 0. The second-order valence-electron chi connectivity index (χ2n) is 6.24.